The molecule has 0 saturated carbocycles. The molecule has 2 aromatic rings. The third-order valence-corrected chi connectivity index (χ3v) is 3.08. The van der Waals surface area contributed by atoms with Gasteiger partial charge in [0.2, 0.25) is 0 Å². The summed E-state index contributed by atoms with van der Waals surface area (Å²) >= 11 is 5.98. The Morgan fingerprint density at radius 3 is 2.84 bits per heavy atom. The zero-order chi connectivity index (χ0) is 13.8. The average Bonchev–Trinajstić information content (AvgIpc) is 2.78. The summed E-state index contributed by atoms with van der Waals surface area (Å²) in [7, 11) is 1.68. The fraction of sp³-hybridized carbons (Fsp3) is 0.364. The van der Waals surface area contributed by atoms with Gasteiger partial charge in [-0.3, -0.25) is 11.3 Å². The maximum Gasteiger partial charge on any atom is 0.176 e. The molecule has 2 rings (SSSR count). The van der Waals surface area contributed by atoms with Gasteiger partial charge in [-0.25, -0.2) is 4.39 Å². The summed E-state index contributed by atoms with van der Waals surface area (Å²) in [6.45, 7) is 0. The molecule has 102 valence electrons. The maximum atomic E-state index is 13.7. The van der Waals surface area contributed by atoms with Gasteiger partial charge in [0.15, 0.2) is 5.82 Å². The van der Waals surface area contributed by atoms with Crippen molar-refractivity contribution in [2.24, 2.45) is 12.9 Å². The Kier molecular flexibility index (Phi) is 4.41. The van der Waals surface area contributed by atoms with Crippen molar-refractivity contribution in [3.05, 3.63) is 40.4 Å². The normalized spacial score (nSPS) is 12.6. The Balaban J connectivity index is 2.11. The Morgan fingerprint density at radius 2 is 2.26 bits per heavy atom. The van der Waals surface area contributed by atoms with Crippen molar-refractivity contribution in [1.82, 2.24) is 25.6 Å². The first-order valence-corrected chi connectivity index (χ1v) is 6.10. The highest BCUT2D eigenvalue weighted by Gasteiger charge is 2.16. The molecule has 3 N–H and O–H groups in total. The van der Waals surface area contributed by atoms with Crippen LogP contribution in [0.2, 0.25) is 5.02 Å². The number of benzene rings is 1. The van der Waals surface area contributed by atoms with Gasteiger partial charge >= 0.3 is 0 Å². The molecule has 1 heterocycles. The number of hydrogen-bond donors (Lipinski definition) is 2. The van der Waals surface area contributed by atoms with E-state index in [1.165, 1.54) is 10.9 Å². The number of hydrazine groups is 1. The number of nitrogens with two attached hydrogens (primary N) is 1. The van der Waals surface area contributed by atoms with Crippen LogP contribution in [0, 0.1) is 5.82 Å². The highest BCUT2D eigenvalue weighted by molar-refractivity contribution is 6.31. The summed E-state index contributed by atoms with van der Waals surface area (Å²) in [4.78, 5) is 1.36. The molecule has 0 spiro atoms. The molecule has 8 heteroatoms. The SMILES string of the molecule is Cn1nnc(CC(Cc2c(F)cccc2Cl)NN)n1. The number of nitrogens with one attached hydrogen (secondary N) is 1. The molecular weight excluding hydrogens is 271 g/mol. The number of rotatable bonds is 5. The molecule has 1 atom stereocenters. The minimum atomic E-state index is -0.347. The van der Waals surface area contributed by atoms with Crippen molar-refractivity contribution in [1.29, 1.82) is 0 Å². The summed E-state index contributed by atoms with van der Waals surface area (Å²) < 4.78 is 13.7. The lowest BCUT2D eigenvalue weighted by Gasteiger charge is -2.15. The van der Waals surface area contributed by atoms with E-state index in [-0.39, 0.29) is 11.9 Å². The molecule has 0 fully saturated rings. The van der Waals surface area contributed by atoms with Crippen molar-refractivity contribution in [3.8, 4) is 0 Å². The number of nitrogens with zero attached hydrogens (tertiary/aromatic N) is 4. The van der Waals surface area contributed by atoms with Crippen LogP contribution in [0.25, 0.3) is 0 Å². The van der Waals surface area contributed by atoms with Gasteiger partial charge in [0, 0.05) is 23.0 Å². The molecule has 1 aromatic carbocycles. The lowest BCUT2D eigenvalue weighted by Crippen LogP contribution is -2.39. The van der Waals surface area contributed by atoms with Crippen LogP contribution < -0.4 is 11.3 Å². The lowest BCUT2D eigenvalue weighted by molar-refractivity contribution is 0.496. The van der Waals surface area contributed by atoms with Crippen LogP contribution in [-0.2, 0) is 19.9 Å². The topological polar surface area (TPSA) is 81.7 Å². The van der Waals surface area contributed by atoms with E-state index in [0.29, 0.717) is 29.3 Å². The average molecular weight is 285 g/mol. The van der Waals surface area contributed by atoms with Crippen LogP contribution in [-0.4, -0.2) is 26.2 Å². The van der Waals surface area contributed by atoms with Gasteiger partial charge in [-0.1, -0.05) is 17.7 Å². The van der Waals surface area contributed by atoms with E-state index in [0.717, 1.165) is 0 Å². The number of hydrogen-bond acceptors (Lipinski definition) is 5. The van der Waals surface area contributed by atoms with Gasteiger partial charge in [-0.05, 0) is 23.8 Å². The highest BCUT2D eigenvalue weighted by atomic mass is 35.5. The molecule has 0 aliphatic carbocycles. The Bertz CT molecular complexity index is 538. The minimum absolute atomic E-state index is 0.224. The Labute approximate surface area is 114 Å². The van der Waals surface area contributed by atoms with Gasteiger partial charge < -0.3 is 0 Å². The zero-order valence-corrected chi connectivity index (χ0v) is 11.1. The van der Waals surface area contributed by atoms with Crippen molar-refractivity contribution >= 4 is 11.6 Å². The van der Waals surface area contributed by atoms with Crippen molar-refractivity contribution < 1.29 is 4.39 Å². The Morgan fingerprint density at radius 1 is 1.47 bits per heavy atom. The molecule has 6 nitrogen and oxygen atoms in total. The quantitative estimate of drug-likeness (QED) is 0.621. The molecule has 0 bridgehead atoms. The molecular formula is C11H14ClFN6. The second-order valence-electron chi connectivity index (χ2n) is 4.17. The molecule has 0 aliphatic rings. The van der Waals surface area contributed by atoms with Gasteiger partial charge in [0.1, 0.15) is 5.82 Å². The van der Waals surface area contributed by atoms with Crippen molar-refractivity contribution in [2.75, 3.05) is 0 Å². The summed E-state index contributed by atoms with van der Waals surface area (Å²) in [6, 6.07) is 4.36. The summed E-state index contributed by atoms with van der Waals surface area (Å²) in [5.41, 5.74) is 3.05. The second kappa shape index (κ2) is 6.05. The predicted octanol–water partition coefficient (Wildman–Crippen LogP) is 0.620. The van der Waals surface area contributed by atoms with Gasteiger partial charge in [0.05, 0.1) is 7.05 Å². The van der Waals surface area contributed by atoms with E-state index in [9.17, 15) is 4.39 Å². The van der Waals surface area contributed by atoms with E-state index in [2.05, 4.69) is 20.8 Å². The molecule has 1 aromatic heterocycles. The first-order chi connectivity index (χ1) is 9.10. The van der Waals surface area contributed by atoms with Gasteiger partial charge in [-0.2, -0.15) is 4.80 Å². The van der Waals surface area contributed by atoms with Crippen LogP contribution in [0.5, 0.6) is 0 Å². The number of aromatic nitrogens is 4. The minimum Gasteiger partial charge on any atom is -0.271 e. The van der Waals surface area contributed by atoms with E-state index in [4.69, 9.17) is 17.4 Å². The van der Waals surface area contributed by atoms with Crippen molar-refractivity contribution in [3.63, 3.8) is 0 Å². The molecule has 0 aliphatic heterocycles. The van der Waals surface area contributed by atoms with E-state index < -0.39 is 0 Å². The highest BCUT2D eigenvalue weighted by Crippen LogP contribution is 2.20. The zero-order valence-electron chi connectivity index (χ0n) is 10.3. The molecule has 0 saturated heterocycles. The smallest absolute Gasteiger partial charge is 0.176 e. The Hall–Kier alpha value is -1.57. The molecule has 0 amide bonds. The number of halogens is 2. The van der Waals surface area contributed by atoms with Crippen LogP contribution in [0.4, 0.5) is 4.39 Å². The first kappa shape index (κ1) is 13.9. The summed E-state index contributed by atoms with van der Waals surface area (Å²) in [5, 5.41) is 12.0. The van der Waals surface area contributed by atoms with Crippen LogP contribution >= 0.6 is 11.6 Å². The van der Waals surface area contributed by atoms with Crippen LogP contribution in [0.15, 0.2) is 18.2 Å². The van der Waals surface area contributed by atoms with Gasteiger partial charge in [0.25, 0.3) is 0 Å². The fourth-order valence-electron chi connectivity index (χ4n) is 1.79. The lowest BCUT2D eigenvalue weighted by atomic mass is 10.0. The van der Waals surface area contributed by atoms with E-state index in [1.54, 1.807) is 19.2 Å². The van der Waals surface area contributed by atoms with Crippen LogP contribution in [0.3, 0.4) is 0 Å². The molecule has 0 radical (unpaired) electrons. The maximum absolute atomic E-state index is 13.7. The van der Waals surface area contributed by atoms with Crippen LogP contribution in [0.1, 0.15) is 11.4 Å². The van der Waals surface area contributed by atoms with E-state index in [1.807, 2.05) is 0 Å². The van der Waals surface area contributed by atoms with Gasteiger partial charge in [-0.15, -0.1) is 10.2 Å². The summed E-state index contributed by atoms with van der Waals surface area (Å²) in [6.07, 6.45) is 0.787. The van der Waals surface area contributed by atoms with E-state index >= 15 is 0 Å². The number of tetrazole rings is 1. The third kappa shape index (κ3) is 3.46. The predicted molar refractivity (Wildman–Crippen MR) is 68.7 cm³/mol. The number of aryl methyl sites for hydroxylation is 1. The molecule has 1 unspecified atom stereocenters. The molecule has 19 heavy (non-hydrogen) atoms. The second-order valence-corrected chi connectivity index (χ2v) is 4.57. The fourth-order valence-corrected chi connectivity index (χ4v) is 2.03. The largest absolute Gasteiger partial charge is 0.271 e. The third-order valence-electron chi connectivity index (χ3n) is 2.73. The van der Waals surface area contributed by atoms with Crippen molar-refractivity contribution in [2.45, 2.75) is 18.9 Å². The summed E-state index contributed by atoms with van der Waals surface area (Å²) in [5.74, 6) is 5.67. The first-order valence-electron chi connectivity index (χ1n) is 5.72. The monoisotopic (exact) mass is 284 g/mol. The standard InChI is InChI=1S/C11H14ClFN6/c1-19-17-11(16-18-19)6-7(15-14)5-8-9(12)3-2-4-10(8)13/h2-4,7,15H,5-6,14H2,1H3.